The highest BCUT2D eigenvalue weighted by Gasteiger charge is 2.56. The minimum Gasteiger partial charge on any atom is -0.394 e. The summed E-state index contributed by atoms with van der Waals surface area (Å²) in [5.74, 6) is -1.38. The third kappa shape index (κ3) is 4.27. The Labute approximate surface area is 211 Å². The summed E-state index contributed by atoms with van der Waals surface area (Å²) in [6.07, 6.45) is -5.38. The van der Waals surface area contributed by atoms with Crippen LogP contribution in [0.25, 0.3) is 21.7 Å². The van der Waals surface area contributed by atoms with Crippen LogP contribution in [-0.4, -0.2) is 79.4 Å². The number of ether oxygens (including phenoxy) is 1. The molecule has 1 fully saturated rings. The van der Waals surface area contributed by atoms with Crippen molar-refractivity contribution in [3.63, 3.8) is 0 Å². The molecule has 4 aromatic rings. The molecule has 194 valence electrons. The predicted octanol–water partition coefficient (Wildman–Crippen LogP) is 0.874. The van der Waals surface area contributed by atoms with Crippen LogP contribution >= 0.6 is 0 Å². The van der Waals surface area contributed by atoms with Crippen LogP contribution in [0, 0.1) is 5.82 Å². The number of benzene rings is 3. The number of fused-ring (bicyclic) bond motifs is 2. The van der Waals surface area contributed by atoms with Crippen molar-refractivity contribution in [1.29, 1.82) is 0 Å². The average molecular weight is 511 g/mol. The molecule has 1 saturated heterocycles. The van der Waals surface area contributed by atoms with Crippen molar-refractivity contribution in [2.45, 2.75) is 36.7 Å². The number of aliphatic hydroxyl groups is 5. The molecule has 0 radical (unpaired) electrons. The lowest BCUT2D eigenvalue weighted by Crippen LogP contribution is -2.74. The topological polar surface area (TPSA) is 144 Å². The maximum Gasteiger partial charge on any atom is 0.254 e. The van der Waals surface area contributed by atoms with Crippen molar-refractivity contribution in [3.05, 3.63) is 83.8 Å². The van der Waals surface area contributed by atoms with Gasteiger partial charge >= 0.3 is 0 Å². The SMILES string of the molecule is O=C(N[C@@]1(CO)C(O)O[C@H](CO)[C@@H](O)[C@@H]1O)c1cn(Cc2ccc3ccccc3c2)c2c(F)cccc12. The van der Waals surface area contributed by atoms with Crippen molar-refractivity contribution in [2.24, 2.45) is 0 Å². The van der Waals surface area contributed by atoms with Crippen molar-refractivity contribution >= 4 is 27.6 Å². The molecule has 5 atom stereocenters. The molecule has 0 bridgehead atoms. The number of carbonyl (C=O) groups excluding carboxylic acids is 1. The third-order valence-corrected chi connectivity index (χ3v) is 7.02. The fourth-order valence-corrected chi connectivity index (χ4v) is 4.95. The molecule has 1 unspecified atom stereocenters. The van der Waals surface area contributed by atoms with E-state index >= 15 is 0 Å². The molecule has 5 rings (SSSR count). The zero-order valence-corrected chi connectivity index (χ0v) is 19.7. The number of nitrogens with zero attached hydrogens (tertiary/aromatic N) is 1. The number of aliphatic hydroxyl groups excluding tert-OH is 5. The highest BCUT2D eigenvalue weighted by Crippen LogP contribution is 2.31. The fraction of sp³-hybridized carbons (Fsp3) is 0.296. The number of aromatic nitrogens is 1. The second-order valence-electron chi connectivity index (χ2n) is 9.29. The maximum atomic E-state index is 15.0. The largest absolute Gasteiger partial charge is 0.394 e. The molecule has 0 spiro atoms. The normalized spacial score (nSPS) is 26.0. The first-order valence-electron chi connectivity index (χ1n) is 11.8. The lowest BCUT2D eigenvalue weighted by molar-refractivity contribution is -0.288. The summed E-state index contributed by atoms with van der Waals surface area (Å²) in [7, 11) is 0. The van der Waals surface area contributed by atoms with Crippen LogP contribution < -0.4 is 5.32 Å². The van der Waals surface area contributed by atoms with E-state index in [0.29, 0.717) is 0 Å². The number of hydrogen-bond donors (Lipinski definition) is 6. The Balaban J connectivity index is 1.51. The van der Waals surface area contributed by atoms with E-state index in [2.05, 4.69) is 5.32 Å². The number of carbonyl (C=O) groups is 1. The Bertz CT molecular complexity index is 1460. The molecule has 3 aromatic carbocycles. The van der Waals surface area contributed by atoms with E-state index in [-0.39, 0.29) is 23.0 Å². The number of halogens is 1. The monoisotopic (exact) mass is 510 g/mol. The molecule has 1 aliphatic heterocycles. The van der Waals surface area contributed by atoms with E-state index in [1.165, 1.54) is 18.3 Å². The van der Waals surface area contributed by atoms with E-state index in [4.69, 9.17) is 4.74 Å². The lowest BCUT2D eigenvalue weighted by Gasteiger charge is -2.48. The van der Waals surface area contributed by atoms with E-state index in [9.17, 15) is 34.7 Å². The number of hydrogen-bond acceptors (Lipinski definition) is 7. The van der Waals surface area contributed by atoms with E-state index in [1.807, 2.05) is 42.5 Å². The molecule has 2 heterocycles. The van der Waals surface area contributed by atoms with Gasteiger partial charge in [0.1, 0.15) is 29.7 Å². The van der Waals surface area contributed by atoms with Crippen molar-refractivity contribution in [3.8, 4) is 0 Å². The lowest BCUT2D eigenvalue weighted by atomic mass is 9.83. The first-order chi connectivity index (χ1) is 17.8. The van der Waals surface area contributed by atoms with Crippen LogP contribution in [0.1, 0.15) is 15.9 Å². The minimum absolute atomic E-state index is 0.0290. The predicted molar refractivity (Wildman–Crippen MR) is 132 cm³/mol. The number of amides is 1. The molecule has 1 aliphatic rings. The molecule has 0 saturated carbocycles. The summed E-state index contributed by atoms with van der Waals surface area (Å²) in [4.78, 5) is 13.4. The fourth-order valence-electron chi connectivity index (χ4n) is 4.95. The minimum atomic E-state index is -2.19. The Morgan fingerprint density at radius 3 is 2.51 bits per heavy atom. The molecule has 0 aliphatic carbocycles. The van der Waals surface area contributed by atoms with Gasteiger partial charge in [0, 0.05) is 18.1 Å². The van der Waals surface area contributed by atoms with Gasteiger partial charge in [0.15, 0.2) is 6.29 Å². The molecular weight excluding hydrogens is 483 g/mol. The van der Waals surface area contributed by atoms with Crippen LogP contribution in [-0.2, 0) is 11.3 Å². The summed E-state index contributed by atoms with van der Waals surface area (Å²) in [5.41, 5.74) is -1.11. The molecule has 1 amide bonds. The van der Waals surface area contributed by atoms with Gasteiger partial charge in [-0.1, -0.05) is 48.5 Å². The molecule has 9 nitrogen and oxygen atoms in total. The van der Waals surface area contributed by atoms with Crippen molar-refractivity contribution < 1.29 is 39.5 Å². The summed E-state index contributed by atoms with van der Waals surface area (Å²) in [6, 6.07) is 18.0. The summed E-state index contributed by atoms with van der Waals surface area (Å²) < 4.78 is 21.7. The van der Waals surface area contributed by atoms with Crippen LogP contribution in [0.4, 0.5) is 4.39 Å². The third-order valence-electron chi connectivity index (χ3n) is 7.02. The van der Waals surface area contributed by atoms with E-state index in [0.717, 1.165) is 16.3 Å². The van der Waals surface area contributed by atoms with Gasteiger partial charge in [0.2, 0.25) is 0 Å². The summed E-state index contributed by atoms with van der Waals surface area (Å²) in [6.45, 7) is -1.43. The highest BCUT2D eigenvalue weighted by molar-refractivity contribution is 6.07. The number of nitrogens with one attached hydrogen (secondary N) is 1. The standard InChI is InChI=1S/C27H27FN2O7/c28-20-7-3-6-18-19(25(35)29-27(14-32)24(34)23(33)21(13-31)37-26(27)36)12-30(22(18)20)11-15-8-9-16-4-1-2-5-17(16)10-15/h1-10,12,21,23-24,26,31-34,36H,11,13-14H2,(H,29,35)/t21-,23-,24+,26?,27-/m1/s1. The second kappa shape index (κ2) is 9.82. The average Bonchev–Trinajstić information content (AvgIpc) is 3.28. The van der Waals surface area contributed by atoms with Crippen LogP contribution in [0.5, 0.6) is 0 Å². The molecular formula is C27H27FN2O7. The van der Waals surface area contributed by atoms with Gasteiger partial charge < -0.3 is 40.2 Å². The smallest absolute Gasteiger partial charge is 0.254 e. The van der Waals surface area contributed by atoms with Crippen molar-refractivity contribution in [1.82, 2.24) is 9.88 Å². The van der Waals surface area contributed by atoms with E-state index in [1.54, 1.807) is 10.6 Å². The first kappa shape index (κ1) is 25.3. The zero-order valence-electron chi connectivity index (χ0n) is 19.7. The molecule has 1 aromatic heterocycles. The molecule has 37 heavy (non-hydrogen) atoms. The maximum absolute atomic E-state index is 15.0. The molecule has 10 heteroatoms. The quantitative estimate of drug-likeness (QED) is 0.226. The Morgan fingerprint density at radius 2 is 1.78 bits per heavy atom. The number of rotatable bonds is 6. The Hall–Kier alpha value is -3.38. The zero-order chi connectivity index (χ0) is 26.3. The van der Waals surface area contributed by atoms with Crippen LogP contribution in [0.2, 0.25) is 0 Å². The van der Waals surface area contributed by atoms with Gasteiger partial charge in [-0.25, -0.2) is 4.39 Å². The summed E-state index contributed by atoms with van der Waals surface area (Å²) >= 11 is 0. The van der Waals surface area contributed by atoms with Gasteiger partial charge in [-0.15, -0.1) is 0 Å². The number of para-hydroxylation sites is 1. The summed E-state index contributed by atoms with van der Waals surface area (Å²) in [5, 5.41) is 55.6. The van der Waals surface area contributed by atoms with Gasteiger partial charge in [-0.3, -0.25) is 4.79 Å². The Kier molecular flexibility index (Phi) is 6.71. The second-order valence-corrected chi connectivity index (χ2v) is 9.29. The van der Waals surface area contributed by atoms with Crippen LogP contribution in [0.15, 0.2) is 66.9 Å². The Morgan fingerprint density at radius 1 is 1.03 bits per heavy atom. The first-order valence-corrected chi connectivity index (χ1v) is 11.8. The van der Waals surface area contributed by atoms with Gasteiger partial charge in [0.25, 0.3) is 5.91 Å². The van der Waals surface area contributed by atoms with Crippen LogP contribution in [0.3, 0.4) is 0 Å². The highest BCUT2D eigenvalue weighted by atomic mass is 19.1. The van der Waals surface area contributed by atoms with Crippen molar-refractivity contribution in [2.75, 3.05) is 13.2 Å². The molecule has 6 N–H and O–H groups in total. The van der Waals surface area contributed by atoms with Gasteiger partial charge in [-0.05, 0) is 28.5 Å². The van der Waals surface area contributed by atoms with Gasteiger partial charge in [0.05, 0.1) is 24.3 Å². The van der Waals surface area contributed by atoms with Gasteiger partial charge in [-0.2, -0.15) is 0 Å². The van der Waals surface area contributed by atoms with E-state index < -0.39 is 55.1 Å².